The number of hydrogen-bond acceptors (Lipinski definition) is 5. The van der Waals surface area contributed by atoms with Gasteiger partial charge in [-0.05, 0) is 55.9 Å². The number of ether oxygens (including phenoxy) is 1. The zero-order valence-corrected chi connectivity index (χ0v) is 18.4. The van der Waals surface area contributed by atoms with E-state index in [1.165, 1.54) is 0 Å². The maximum Gasteiger partial charge on any atom is 0.258 e. The zero-order chi connectivity index (χ0) is 21.3. The minimum Gasteiger partial charge on any atom is -0.497 e. The number of thiocarbonyl (C=S) groups is 1. The zero-order valence-electron chi connectivity index (χ0n) is 16.8. The van der Waals surface area contributed by atoms with Crippen molar-refractivity contribution in [3.8, 4) is 17.1 Å². The summed E-state index contributed by atoms with van der Waals surface area (Å²) in [5.41, 5.74) is 3.62. The molecule has 0 fully saturated rings. The van der Waals surface area contributed by atoms with Gasteiger partial charge in [0.05, 0.1) is 18.7 Å². The number of aromatic nitrogens is 2. The fourth-order valence-corrected chi connectivity index (χ4v) is 4.17. The van der Waals surface area contributed by atoms with Crippen LogP contribution in [-0.2, 0) is 0 Å². The first-order chi connectivity index (χ1) is 14.5. The maximum absolute atomic E-state index is 6.25. The van der Waals surface area contributed by atoms with Crippen molar-refractivity contribution in [3.05, 3.63) is 70.7 Å². The second-order valence-corrected chi connectivity index (χ2v) is 7.66. The molecule has 0 spiro atoms. The molecule has 4 rings (SSSR count). The van der Waals surface area contributed by atoms with Crippen molar-refractivity contribution in [2.45, 2.75) is 19.9 Å². The van der Waals surface area contributed by atoms with E-state index in [-0.39, 0.29) is 6.04 Å². The topological polar surface area (TPSA) is 63.4 Å². The third-order valence-electron chi connectivity index (χ3n) is 5.08. The lowest BCUT2D eigenvalue weighted by molar-refractivity contribution is 0.398. The molecule has 1 aromatic heterocycles. The largest absolute Gasteiger partial charge is 0.497 e. The van der Waals surface area contributed by atoms with E-state index in [2.05, 4.69) is 15.5 Å². The normalized spacial score (nSPS) is 16.6. The van der Waals surface area contributed by atoms with Crippen molar-refractivity contribution < 1.29 is 9.26 Å². The van der Waals surface area contributed by atoms with E-state index in [4.69, 9.17) is 33.1 Å². The Kier molecular flexibility index (Phi) is 5.74. The number of nitrogens with zero attached hydrogens (tertiary/aromatic N) is 3. The van der Waals surface area contributed by atoms with Crippen LogP contribution in [-0.4, -0.2) is 33.8 Å². The molecule has 3 aromatic rings. The van der Waals surface area contributed by atoms with Gasteiger partial charge in [-0.1, -0.05) is 41.0 Å². The minimum absolute atomic E-state index is 0.252. The molecule has 1 atom stereocenters. The van der Waals surface area contributed by atoms with Crippen LogP contribution in [0.5, 0.6) is 5.75 Å². The standard InChI is InChI=1S/C22H21ClN4O2S/c1-4-27-13(2)18(19(24-22(27)30)14-7-5-9-16(23)11-14)21-25-20(26-29-21)15-8-6-10-17(12-15)28-3/h5-12,19H,4H2,1-3H3,(H,24,30). The summed E-state index contributed by atoms with van der Waals surface area (Å²) in [7, 11) is 1.63. The number of allylic oxidation sites excluding steroid dienone is 1. The van der Waals surface area contributed by atoms with Gasteiger partial charge in [0.2, 0.25) is 5.82 Å². The van der Waals surface area contributed by atoms with Gasteiger partial charge in [0.15, 0.2) is 5.11 Å². The van der Waals surface area contributed by atoms with Crippen molar-refractivity contribution in [1.29, 1.82) is 0 Å². The average molecular weight is 441 g/mol. The maximum atomic E-state index is 6.25. The molecule has 0 amide bonds. The smallest absolute Gasteiger partial charge is 0.258 e. The first kappa shape index (κ1) is 20.4. The van der Waals surface area contributed by atoms with Crippen LogP contribution in [0.1, 0.15) is 31.3 Å². The molecule has 6 nitrogen and oxygen atoms in total. The van der Waals surface area contributed by atoms with Gasteiger partial charge in [-0.15, -0.1) is 0 Å². The second-order valence-electron chi connectivity index (χ2n) is 6.84. The lowest BCUT2D eigenvalue weighted by atomic mass is 9.95. The van der Waals surface area contributed by atoms with E-state index in [0.29, 0.717) is 21.9 Å². The van der Waals surface area contributed by atoms with Gasteiger partial charge in [-0.2, -0.15) is 4.98 Å². The van der Waals surface area contributed by atoms with E-state index in [1.807, 2.05) is 67.3 Å². The lowest BCUT2D eigenvalue weighted by Crippen LogP contribution is -2.45. The van der Waals surface area contributed by atoms with E-state index < -0.39 is 0 Å². The first-order valence-corrected chi connectivity index (χ1v) is 10.3. The quantitative estimate of drug-likeness (QED) is 0.555. The monoisotopic (exact) mass is 440 g/mol. The summed E-state index contributed by atoms with van der Waals surface area (Å²) in [6, 6.07) is 15.0. The molecule has 30 heavy (non-hydrogen) atoms. The van der Waals surface area contributed by atoms with Crippen molar-refractivity contribution in [2.24, 2.45) is 0 Å². The number of benzene rings is 2. The van der Waals surface area contributed by atoms with Crippen LogP contribution >= 0.6 is 23.8 Å². The summed E-state index contributed by atoms with van der Waals surface area (Å²) in [4.78, 5) is 6.70. The Labute approximate surface area is 185 Å². The number of nitrogens with one attached hydrogen (secondary N) is 1. The molecule has 0 bridgehead atoms. The van der Waals surface area contributed by atoms with Gasteiger partial charge in [-0.3, -0.25) is 0 Å². The number of rotatable bonds is 5. The van der Waals surface area contributed by atoms with Crippen molar-refractivity contribution >= 4 is 34.5 Å². The number of methoxy groups -OCH3 is 1. The Hall–Kier alpha value is -2.90. The Bertz CT molecular complexity index is 1130. The first-order valence-electron chi connectivity index (χ1n) is 9.54. The molecule has 1 aliphatic heterocycles. The van der Waals surface area contributed by atoms with E-state index in [1.54, 1.807) is 7.11 Å². The lowest BCUT2D eigenvalue weighted by Gasteiger charge is -2.36. The summed E-state index contributed by atoms with van der Waals surface area (Å²) < 4.78 is 11.0. The molecule has 2 heterocycles. The van der Waals surface area contributed by atoms with E-state index >= 15 is 0 Å². The van der Waals surface area contributed by atoms with Gasteiger partial charge >= 0.3 is 0 Å². The fraction of sp³-hybridized carbons (Fsp3) is 0.227. The number of hydrogen-bond donors (Lipinski definition) is 1. The molecule has 154 valence electrons. The van der Waals surface area contributed by atoms with E-state index in [0.717, 1.165) is 34.7 Å². The summed E-state index contributed by atoms with van der Waals surface area (Å²) in [6.45, 7) is 4.78. The highest BCUT2D eigenvalue weighted by Gasteiger charge is 2.33. The highest BCUT2D eigenvalue weighted by atomic mass is 35.5. The molecular weight excluding hydrogens is 420 g/mol. The van der Waals surface area contributed by atoms with Gasteiger partial charge < -0.3 is 19.5 Å². The summed E-state index contributed by atoms with van der Waals surface area (Å²) in [6.07, 6.45) is 0. The Morgan fingerprint density at radius 3 is 2.77 bits per heavy atom. The molecule has 0 saturated heterocycles. The SMILES string of the molecule is CCN1C(=S)NC(c2cccc(Cl)c2)C(c2nc(-c3cccc(OC)c3)no2)=C1C. The van der Waals surface area contributed by atoms with Crippen molar-refractivity contribution in [1.82, 2.24) is 20.4 Å². The Morgan fingerprint density at radius 1 is 1.23 bits per heavy atom. The predicted octanol–water partition coefficient (Wildman–Crippen LogP) is 5.08. The number of halogens is 1. The van der Waals surface area contributed by atoms with Crippen molar-refractivity contribution in [2.75, 3.05) is 13.7 Å². The van der Waals surface area contributed by atoms with Crippen molar-refractivity contribution in [3.63, 3.8) is 0 Å². The molecular formula is C22H21ClN4O2S. The molecule has 0 saturated carbocycles. The van der Waals surface area contributed by atoms with Crippen LogP contribution in [0.15, 0.2) is 58.8 Å². The summed E-state index contributed by atoms with van der Waals surface area (Å²) >= 11 is 11.8. The average Bonchev–Trinajstić information content (AvgIpc) is 3.23. The fourth-order valence-electron chi connectivity index (χ4n) is 3.59. The molecule has 0 radical (unpaired) electrons. The van der Waals surface area contributed by atoms with Gasteiger partial charge in [0.1, 0.15) is 5.75 Å². The van der Waals surface area contributed by atoms with Crippen LogP contribution in [0.3, 0.4) is 0 Å². The van der Waals surface area contributed by atoms with Gasteiger partial charge in [0.25, 0.3) is 5.89 Å². The third kappa shape index (κ3) is 3.78. The van der Waals surface area contributed by atoms with Crippen LogP contribution in [0.2, 0.25) is 5.02 Å². The second kappa shape index (κ2) is 8.45. The van der Waals surface area contributed by atoms with Gasteiger partial charge in [-0.25, -0.2) is 0 Å². The molecule has 1 N–H and O–H groups in total. The Morgan fingerprint density at radius 2 is 2.03 bits per heavy atom. The Balaban J connectivity index is 1.81. The highest BCUT2D eigenvalue weighted by Crippen LogP contribution is 2.38. The molecule has 1 unspecified atom stereocenters. The van der Waals surface area contributed by atoms with Gasteiger partial charge in [0, 0.05) is 22.8 Å². The van der Waals surface area contributed by atoms with Crippen LogP contribution in [0, 0.1) is 0 Å². The van der Waals surface area contributed by atoms with E-state index in [9.17, 15) is 0 Å². The van der Waals surface area contributed by atoms with Crippen LogP contribution in [0.4, 0.5) is 0 Å². The molecule has 2 aromatic carbocycles. The predicted molar refractivity (Wildman–Crippen MR) is 121 cm³/mol. The van der Waals surface area contributed by atoms with Crippen LogP contribution in [0.25, 0.3) is 17.0 Å². The summed E-state index contributed by atoms with van der Waals surface area (Å²) in [5.74, 6) is 1.65. The molecule has 0 aliphatic carbocycles. The van der Waals surface area contributed by atoms with Crippen LogP contribution < -0.4 is 10.1 Å². The molecule has 1 aliphatic rings. The summed E-state index contributed by atoms with van der Waals surface area (Å²) in [5, 5.41) is 8.91. The highest BCUT2D eigenvalue weighted by molar-refractivity contribution is 7.80. The minimum atomic E-state index is -0.252. The molecule has 8 heteroatoms. The third-order valence-corrected chi connectivity index (χ3v) is 5.65.